The lowest BCUT2D eigenvalue weighted by molar-refractivity contribution is 0.475. The van der Waals surface area contributed by atoms with Crippen molar-refractivity contribution in [3.8, 4) is 39.4 Å². The van der Waals surface area contributed by atoms with Gasteiger partial charge in [-0.1, -0.05) is 99.6 Å². The molecule has 0 saturated heterocycles. The van der Waals surface area contributed by atoms with Crippen LogP contribution in [-0.2, 0) is 5.41 Å². The molecule has 0 bridgehead atoms. The van der Waals surface area contributed by atoms with Gasteiger partial charge in [-0.15, -0.1) is 0 Å². The minimum Gasteiger partial charge on any atom is -0.504 e. The van der Waals surface area contributed by atoms with Gasteiger partial charge in [-0.05, 0) is 86.8 Å². The highest BCUT2D eigenvalue weighted by molar-refractivity contribution is 6.26. The predicted molar refractivity (Wildman–Crippen MR) is 209 cm³/mol. The zero-order valence-corrected chi connectivity index (χ0v) is 28.5. The summed E-state index contributed by atoms with van der Waals surface area (Å²) in [5.74, 6) is 0.0988. The number of para-hydroxylation sites is 1. The van der Waals surface area contributed by atoms with Crippen molar-refractivity contribution in [3.05, 3.63) is 145 Å². The third kappa shape index (κ3) is 4.55. The molecule has 5 heteroatoms. The van der Waals surface area contributed by atoms with Crippen molar-refractivity contribution in [2.45, 2.75) is 26.2 Å². The molecule has 0 spiro atoms. The first kappa shape index (κ1) is 29.5. The number of pyridine rings is 2. The van der Waals surface area contributed by atoms with Crippen LogP contribution in [-0.4, -0.2) is 19.5 Å². The topological polar surface area (TPSA) is 63.6 Å². The summed E-state index contributed by atoms with van der Waals surface area (Å²) >= 11 is 0. The molecule has 0 atom stereocenters. The number of phenolic OH excluding ortho intramolecular Hbond substituents is 1. The van der Waals surface area contributed by atoms with Crippen molar-refractivity contribution in [1.29, 1.82) is 0 Å². The maximum atomic E-state index is 12.1. The van der Waals surface area contributed by atoms with Gasteiger partial charge in [0.1, 0.15) is 11.2 Å². The van der Waals surface area contributed by atoms with Crippen molar-refractivity contribution < 1.29 is 9.52 Å². The van der Waals surface area contributed by atoms with Gasteiger partial charge in [-0.3, -0.25) is 9.38 Å². The molecule has 51 heavy (non-hydrogen) atoms. The van der Waals surface area contributed by atoms with E-state index in [9.17, 15) is 5.11 Å². The number of aromatic hydroxyl groups is 1. The molecule has 0 fully saturated rings. The average molecular weight is 660 g/mol. The molecule has 0 unspecified atom stereocenters. The summed E-state index contributed by atoms with van der Waals surface area (Å²) in [6.45, 7) is 6.69. The molecule has 0 amide bonds. The fourth-order valence-corrected chi connectivity index (χ4v) is 7.65. The molecule has 1 N–H and O–H groups in total. The number of aromatic nitrogens is 3. The van der Waals surface area contributed by atoms with Gasteiger partial charge in [0.2, 0.25) is 0 Å². The van der Waals surface area contributed by atoms with E-state index < -0.39 is 0 Å². The first-order valence-corrected chi connectivity index (χ1v) is 17.3. The Morgan fingerprint density at radius 1 is 0.608 bits per heavy atom. The number of benzene rings is 6. The highest BCUT2D eigenvalue weighted by Crippen LogP contribution is 2.46. The fraction of sp³-hybridized carbons (Fsp3) is 0.0870. The number of furan rings is 1. The summed E-state index contributed by atoms with van der Waals surface area (Å²) in [4.78, 5) is 10.1. The number of phenols is 1. The summed E-state index contributed by atoms with van der Waals surface area (Å²) in [6, 6.07) is 44.1. The lowest BCUT2D eigenvalue weighted by Crippen LogP contribution is -2.11. The molecule has 0 saturated carbocycles. The molecule has 0 aliphatic heterocycles. The van der Waals surface area contributed by atoms with Gasteiger partial charge in [-0.25, -0.2) is 4.98 Å². The van der Waals surface area contributed by atoms with E-state index in [1.165, 1.54) is 5.56 Å². The van der Waals surface area contributed by atoms with Crippen LogP contribution in [0, 0.1) is 0 Å². The monoisotopic (exact) mass is 659 g/mol. The van der Waals surface area contributed by atoms with Gasteiger partial charge >= 0.3 is 0 Å². The van der Waals surface area contributed by atoms with Crippen LogP contribution < -0.4 is 0 Å². The maximum absolute atomic E-state index is 12.1. The molecule has 0 aliphatic carbocycles. The van der Waals surface area contributed by atoms with Crippen LogP contribution >= 0.6 is 0 Å². The SMILES string of the molecule is CC(C)(C)c1cc(-c2cc(-c3ccccc3)ccn2)cc(-c2cn3c4ccccc4c4cc5c(oc6ccc7ccccc7c65)c(O)c4c3n2)c1. The van der Waals surface area contributed by atoms with Crippen LogP contribution in [0.1, 0.15) is 26.3 Å². The summed E-state index contributed by atoms with van der Waals surface area (Å²) in [7, 11) is 0. The molecule has 10 aromatic rings. The summed E-state index contributed by atoms with van der Waals surface area (Å²) in [5, 5.41) is 18.9. The quantitative estimate of drug-likeness (QED) is 0.192. The Balaban J connectivity index is 1.24. The Morgan fingerprint density at radius 3 is 2.18 bits per heavy atom. The van der Waals surface area contributed by atoms with Crippen molar-refractivity contribution >= 4 is 60.0 Å². The second-order valence-corrected chi connectivity index (χ2v) is 14.5. The highest BCUT2D eigenvalue weighted by Gasteiger charge is 2.23. The Bertz CT molecular complexity index is 3020. The summed E-state index contributed by atoms with van der Waals surface area (Å²) in [5.41, 5.74) is 9.98. The number of fused-ring (bicyclic) bond motifs is 11. The number of hydrogen-bond donors (Lipinski definition) is 1. The first-order chi connectivity index (χ1) is 24.8. The molecule has 4 heterocycles. The Labute approximate surface area is 294 Å². The molecule has 244 valence electrons. The standard InChI is InChI=1S/C46H33N3O2/c1-46(2,3)32-22-30(37-24-29(19-20-47-37)27-11-5-4-6-12-27)21-31(23-32)38-26-49-39-16-10-9-15-34(39)35-25-36-41-33-14-8-7-13-28(33)17-18-40(41)51-44(36)43(50)42(35)45(49)48-38/h4-26,50H,1-3H3. The number of imidazole rings is 1. The largest absolute Gasteiger partial charge is 0.504 e. The average Bonchev–Trinajstić information content (AvgIpc) is 3.78. The minimum atomic E-state index is -0.115. The highest BCUT2D eigenvalue weighted by atomic mass is 16.4. The normalized spacial score (nSPS) is 12.3. The van der Waals surface area contributed by atoms with Crippen LogP contribution in [0.15, 0.2) is 144 Å². The molecule has 6 aromatic carbocycles. The second-order valence-electron chi connectivity index (χ2n) is 14.5. The van der Waals surface area contributed by atoms with Gasteiger partial charge in [-0.2, -0.15) is 0 Å². The predicted octanol–water partition coefficient (Wildman–Crippen LogP) is 12.1. The van der Waals surface area contributed by atoms with Gasteiger partial charge in [0.15, 0.2) is 11.3 Å². The summed E-state index contributed by atoms with van der Waals surface area (Å²) < 4.78 is 8.52. The van der Waals surface area contributed by atoms with Crippen molar-refractivity contribution in [2.24, 2.45) is 0 Å². The molecular weight excluding hydrogens is 627 g/mol. The van der Waals surface area contributed by atoms with E-state index in [0.29, 0.717) is 16.6 Å². The van der Waals surface area contributed by atoms with Gasteiger partial charge in [0.25, 0.3) is 0 Å². The van der Waals surface area contributed by atoms with E-state index in [0.717, 1.165) is 77.1 Å². The van der Waals surface area contributed by atoms with Crippen molar-refractivity contribution in [3.63, 3.8) is 0 Å². The molecule has 10 rings (SSSR count). The zero-order valence-electron chi connectivity index (χ0n) is 28.5. The molecule has 5 nitrogen and oxygen atoms in total. The van der Waals surface area contributed by atoms with Gasteiger partial charge in [0.05, 0.1) is 22.3 Å². The lowest BCUT2D eigenvalue weighted by atomic mass is 9.84. The Kier molecular flexibility index (Phi) is 6.22. The van der Waals surface area contributed by atoms with Crippen molar-refractivity contribution in [2.75, 3.05) is 0 Å². The van der Waals surface area contributed by atoms with E-state index in [1.807, 2.05) is 36.5 Å². The van der Waals surface area contributed by atoms with E-state index in [4.69, 9.17) is 14.4 Å². The molecule has 4 aromatic heterocycles. The second kappa shape index (κ2) is 10.8. The smallest absolute Gasteiger partial charge is 0.177 e. The van der Waals surface area contributed by atoms with Crippen LogP contribution in [0.4, 0.5) is 0 Å². The third-order valence-electron chi connectivity index (χ3n) is 10.3. The minimum absolute atomic E-state index is 0.0988. The van der Waals surface area contributed by atoms with E-state index in [-0.39, 0.29) is 11.2 Å². The zero-order chi connectivity index (χ0) is 34.4. The van der Waals surface area contributed by atoms with E-state index in [2.05, 4.69) is 128 Å². The number of rotatable bonds is 3. The van der Waals surface area contributed by atoms with E-state index in [1.54, 1.807) is 0 Å². The number of hydrogen-bond acceptors (Lipinski definition) is 4. The van der Waals surface area contributed by atoms with Gasteiger partial charge < -0.3 is 9.52 Å². The molecule has 0 radical (unpaired) electrons. The van der Waals surface area contributed by atoms with Crippen LogP contribution in [0.5, 0.6) is 5.75 Å². The Hall–Kier alpha value is -6.46. The maximum Gasteiger partial charge on any atom is 0.177 e. The van der Waals surface area contributed by atoms with Crippen LogP contribution in [0.3, 0.4) is 0 Å². The third-order valence-corrected chi connectivity index (χ3v) is 10.3. The first-order valence-electron chi connectivity index (χ1n) is 17.3. The Morgan fingerprint density at radius 2 is 1.35 bits per heavy atom. The molecular formula is C46H33N3O2. The lowest BCUT2D eigenvalue weighted by Gasteiger charge is -2.21. The number of nitrogens with zero attached hydrogens (tertiary/aromatic N) is 3. The fourth-order valence-electron chi connectivity index (χ4n) is 7.65. The van der Waals surface area contributed by atoms with Gasteiger partial charge in [0, 0.05) is 39.7 Å². The summed E-state index contributed by atoms with van der Waals surface area (Å²) in [6.07, 6.45) is 3.97. The van der Waals surface area contributed by atoms with Crippen LogP contribution in [0.2, 0.25) is 0 Å². The van der Waals surface area contributed by atoms with E-state index >= 15 is 0 Å². The van der Waals surface area contributed by atoms with Crippen molar-refractivity contribution in [1.82, 2.24) is 14.4 Å². The molecule has 0 aliphatic rings. The van der Waals surface area contributed by atoms with Crippen LogP contribution in [0.25, 0.3) is 93.7 Å².